The smallest absolute Gasteiger partial charge is 0.410 e. The molecule has 0 aliphatic carbocycles. The number of esters is 1. The number of aryl methyl sites for hydroxylation is 2. The van der Waals surface area contributed by atoms with E-state index < -0.39 is 11.6 Å². The third-order valence-corrected chi connectivity index (χ3v) is 7.84. The fourth-order valence-electron chi connectivity index (χ4n) is 5.78. The van der Waals surface area contributed by atoms with Crippen LogP contribution in [-0.2, 0) is 34.4 Å². The van der Waals surface area contributed by atoms with Crippen LogP contribution in [0.3, 0.4) is 0 Å². The van der Waals surface area contributed by atoms with E-state index in [0.29, 0.717) is 31.7 Å². The van der Waals surface area contributed by atoms with Gasteiger partial charge in [0.1, 0.15) is 17.5 Å². The van der Waals surface area contributed by atoms with Gasteiger partial charge in [0, 0.05) is 50.6 Å². The molecule has 1 amide bonds. The summed E-state index contributed by atoms with van der Waals surface area (Å²) in [5.41, 5.74) is 3.73. The number of fused-ring (bicyclic) bond motifs is 1. The number of hydrogen-bond acceptors (Lipinski definition) is 7. The van der Waals surface area contributed by atoms with Crippen LogP contribution < -0.4 is 10.9 Å². The molecule has 1 aliphatic heterocycles. The molecule has 2 atom stereocenters. The van der Waals surface area contributed by atoms with E-state index in [2.05, 4.69) is 28.1 Å². The van der Waals surface area contributed by atoms with Crippen LogP contribution in [0.4, 0.5) is 4.79 Å². The van der Waals surface area contributed by atoms with Crippen molar-refractivity contribution in [2.75, 3.05) is 13.1 Å². The number of imidazole rings is 1. The Bertz CT molecular complexity index is 1520. The molecule has 3 aromatic rings. The maximum absolute atomic E-state index is 12.9. The van der Waals surface area contributed by atoms with E-state index in [9.17, 15) is 14.4 Å². The Labute approximate surface area is 260 Å². The number of carbonyl (C=O) groups excluding carboxylic acids is 2. The zero-order valence-corrected chi connectivity index (χ0v) is 27.8. The predicted octanol–water partition coefficient (Wildman–Crippen LogP) is 5.42. The van der Waals surface area contributed by atoms with Crippen molar-refractivity contribution in [2.45, 2.75) is 99.1 Å². The molecular weight excluding hydrogens is 558 g/mol. The van der Waals surface area contributed by atoms with Crippen molar-refractivity contribution in [3.63, 3.8) is 0 Å². The highest BCUT2D eigenvalue weighted by Gasteiger charge is 2.29. The van der Waals surface area contributed by atoms with Crippen LogP contribution in [0.15, 0.2) is 35.3 Å². The van der Waals surface area contributed by atoms with Gasteiger partial charge in [0.2, 0.25) is 0 Å². The lowest BCUT2D eigenvalue weighted by Crippen LogP contribution is -2.43. The molecule has 1 unspecified atom stereocenters. The van der Waals surface area contributed by atoms with Crippen LogP contribution in [-0.4, -0.2) is 61.9 Å². The Morgan fingerprint density at radius 1 is 1.14 bits per heavy atom. The van der Waals surface area contributed by atoms with Crippen LogP contribution in [0.1, 0.15) is 72.4 Å². The minimum Gasteiger partial charge on any atom is -0.462 e. The number of aromatic nitrogens is 3. The lowest BCUT2D eigenvalue weighted by molar-refractivity contribution is -0.151. The molecule has 44 heavy (non-hydrogen) atoms. The van der Waals surface area contributed by atoms with Crippen molar-refractivity contribution < 1.29 is 19.1 Å². The van der Waals surface area contributed by atoms with Gasteiger partial charge >= 0.3 is 12.1 Å². The number of nitrogens with one attached hydrogen (secondary N) is 1. The zero-order valence-electron chi connectivity index (χ0n) is 27.8. The molecule has 1 saturated heterocycles. The second-order valence-corrected chi connectivity index (χ2v) is 13.7. The van der Waals surface area contributed by atoms with Crippen molar-refractivity contribution in [1.82, 2.24) is 24.3 Å². The summed E-state index contributed by atoms with van der Waals surface area (Å²) in [5, 5.41) is 3.38. The summed E-state index contributed by atoms with van der Waals surface area (Å²) >= 11 is 0. The molecule has 1 fully saturated rings. The average Bonchev–Trinajstić information content (AvgIpc) is 3.27. The van der Waals surface area contributed by atoms with Gasteiger partial charge in [-0.1, -0.05) is 19.9 Å². The van der Waals surface area contributed by atoms with Crippen LogP contribution >= 0.6 is 0 Å². The van der Waals surface area contributed by atoms with Gasteiger partial charge in [-0.3, -0.25) is 9.59 Å². The summed E-state index contributed by atoms with van der Waals surface area (Å²) in [6, 6.07) is 7.65. The number of likely N-dealkylation sites (tertiary alicyclic amines) is 1. The molecule has 0 radical (unpaired) electrons. The van der Waals surface area contributed by atoms with Crippen LogP contribution in [0, 0.1) is 18.8 Å². The highest BCUT2D eigenvalue weighted by molar-refractivity contribution is 5.81. The van der Waals surface area contributed by atoms with E-state index >= 15 is 0 Å². The lowest BCUT2D eigenvalue weighted by atomic mass is 9.98. The molecule has 1 aromatic carbocycles. The first-order valence-electron chi connectivity index (χ1n) is 15.7. The highest BCUT2D eigenvalue weighted by Crippen LogP contribution is 2.29. The maximum atomic E-state index is 12.9. The zero-order chi connectivity index (χ0) is 32.3. The van der Waals surface area contributed by atoms with Gasteiger partial charge in [-0.2, -0.15) is 0 Å². The van der Waals surface area contributed by atoms with E-state index in [1.807, 2.05) is 72.6 Å². The Morgan fingerprint density at radius 3 is 2.50 bits per heavy atom. The molecule has 0 spiro atoms. The third-order valence-electron chi connectivity index (χ3n) is 7.84. The summed E-state index contributed by atoms with van der Waals surface area (Å²) in [6.45, 7) is 17.6. The summed E-state index contributed by atoms with van der Waals surface area (Å²) < 4.78 is 14.9. The highest BCUT2D eigenvalue weighted by atomic mass is 16.6. The standard InChI is InChI=1S/C34H49N5O5/c1-21(2)29(32(41)43-22(3)4)35-17-24-12-13-28-27(16-24)36-30(26-15-23(5)31(40)37(9)20-26)39(28)19-25-11-10-14-38(18-25)33(42)44-34(6,7)8/h12-13,15-16,20-22,25,29,35H,10-11,14,17-19H2,1-9H3/t25?,29-/m0/s1. The van der Waals surface area contributed by atoms with Gasteiger partial charge in [0.15, 0.2) is 0 Å². The quantitative estimate of drug-likeness (QED) is 0.324. The molecule has 3 heterocycles. The first-order chi connectivity index (χ1) is 20.6. The predicted molar refractivity (Wildman–Crippen MR) is 172 cm³/mol. The molecule has 10 heteroatoms. The van der Waals surface area contributed by atoms with Gasteiger partial charge in [-0.05, 0) is 90.0 Å². The molecule has 1 N–H and O–H groups in total. The fourth-order valence-corrected chi connectivity index (χ4v) is 5.78. The molecular formula is C34H49N5O5. The van der Waals surface area contributed by atoms with Gasteiger partial charge < -0.3 is 28.8 Å². The fraction of sp³-hybridized carbons (Fsp3) is 0.588. The summed E-state index contributed by atoms with van der Waals surface area (Å²) in [6.07, 6.45) is 3.26. The number of pyridine rings is 1. The summed E-state index contributed by atoms with van der Waals surface area (Å²) in [4.78, 5) is 44.9. The average molecular weight is 608 g/mol. The van der Waals surface area contributed by atoms with Gasteiger partial charge in [0.05, 0.1) is 17.1 Å². The molecule has 4 rings (SSSR count). The maximum Gasteiger partial charge on any atom is 0.410 e. The molecule has 240 valence electrons. The van der Waals surface area contributed by atoms with Crippen molar-refractivity contribution in [3.8, 4) is 11.4 Å². The van der Waals surface area contributed by atoms with E-state index in [1.165, 1.54) is 0 Å². The number of nitrogens with zero attached hydrogens (tertiary/aromatic N) is 4. The van der Waals surface area contributed by atoms with E-state index in [0.717, 1.165) is 40.8 Å². The number of carbonyl (C=O) groups is 2. The van der Waals surface area contributed by atoms with Crippen LogP contribution in [0.2, 0.25) is 0 Å². The Morgan fingerprint density at radius 2 is 1.86 bits per heavy atom. The molecule has 10 nitrogen and oxygen atoms in total. The van der Waals surface area contributed by atoms with Crippen molar-refractivity contribution in [1.29, 1.82) is 0 Å². The van der Waals surface area contributed by atoms with E-state index in [1.54, 1.807) is 11.6 Å². The van der Waals surface area contributed by atoms with Gasteiger partial charge in [0.25, 0.3) is 5.56 Å². The Kier molecular flexibility index (Phi) is 10.2. The minimum atomic E-state index is -0.546. The number of hydrogen-bond donors (Lipinski definition) is 1. The lowest BCUT2D eigenvalue weighted by Gasteiger charge is -2.34. The monoisotopic (exact) mass is 607 g/mol. The van der Waals surface area contributed by atoms with Gasteiger partial charge in [-0.25, -0.2) is 9.78 Å². The number of benzene rings is 1. The Balaban J connectivity index is 1.66. The topological polar surface area (TPSA) is 108 Å². The first-order valence-corrected chi connectivity index (χ1v) is 15.7. The number of ether oxygens (including phenoxy) is 2. The second kappa shape index (κ2) is 13.5. The number of amides is 1. The number of piperidine rings is 1. The van der Waals surface area contributed by atoms with Crippen molar-refractivity contribution in [3.05, 3.63) is 51.9 Å². The van der Waals surface area contributed by atoms with Crippen LogP contribution in [0.25, 0.3) is 22.4 Å². The minimum absolute atomic E-state index is 0.0410. The second-order valence-electron chi connectivity index (χ2n) is 13.7. The molecule has 0 bridgehead atoms. The molecule has 0 saturated carbocycles. The van der Waals surface area contributed by atoms with E-state index in [4.69, 9.17) is 14.5 Å². The van der Waals surface area contributed by atoms with Crippen molar-refractivity contribution in [2.24, 2.45) is 18.9 Å². The van der Waals surface area contributed by atoms with Crippen molar-refractivity contribution >= 4 is 23.1 Å². The number of rotatable bonds is 9. The summed E-state index contributed by atoms with van der Waals surface area (Å²) in [5.74, 6) is 0.806. The Hall–Kier alpha value is -3.66. The van der Waals surface area contributed by atoms with Crippen LogP contribution in [0.5, 0.6) is 0 Å². The normalized spacial score (nSPS) is 16.5. The first kappa shape index (κ1) is 33.2. The molecule has 2 aromatic heterocycles. The van der Waals surface area contributed by atoms with E-state index in [-0.39, 0.29) is 35.6 Å². The summed E-state index contributed by atoms with van der Waals surface area (Å²) in [7, 11) is 1.75. The third kappa shape index (κ3) is 8.08. The molecule has 1 aliphatic rings. The van der Waals surface area contributed by atoms with Gasteiger partial charge in [-0.15, -0.1) is 0 Å². The SMILES string of the molecule is Cc1cc(-c2nc3cc(CN[C@H](C(=O)OC(C)C)C(C)C)ccc3n2CC2CCCN(C(=O)OC(C)(C)C)C2)cn(C)c1=O. The largest absolute Gasteiger partial charge is 0.462 e.